The van der Waals surface area contributed by atoms with Gasteiger partial charge in [0.1, 0.15) is 0 Å². The number of para-hydroxylation sites is 1. The van der Waals surface area contributed by atoms with E-state index in [0.717, 1.165) is 22.5 Å². The number of benzene rings is 2. The first-order chi connectivity index (χ1) is 14.0. The van der Waals surface area contributed by atoms with Crippen molar-refractivity contribution in [2.45, 2.75) is 37.6 Å². The van der Waals surface area contributed by atoms with E-state index in [0.29, 0.717) is 11.7 Å². The monoisotopic (exact) mass is 406 g/mol. The second-order valence-corrected chi connectivity index (χ2v) is 7.96. The molecule has 0 saturated carbocycles. The maximum absolute atomic E-state index is 13.2. The number of carbonyl (C=O) groups is 1. The fraction of sp³-hybridized carbons (Fsp3) is 0.286. The van der Waals surface area contributed by atoms with E-state index >= 15 is 0 Å². The number of hydrogen-bond acceptors (Lipinski definition) is 6. The number of anilines is 1. The Morgan fingerprint density at radius 1 is 1.24 bits per heavy atom. The first kappa shape index (κ1) is 20.6. The summed E-state index contributed by atoms with van der Waals surface area (Å²) in [5.41, 5.74) is 3.81. The number of aromatic nitrogens is 4. The molecule has 0 fully saturated rings. The zero-order chi connectivity index (χ0) is 20.8. The molecule has 0 N–H and O–H groups in total. The maximum Gasteiger partial charge on any atom is 0.240 e. The van der Waals surface area contributed by atoms with Crippen molar-refractivity contribution in [3.8, 4) is 11.8 Å². The number of hydrogen-bond donors (Lipinski definition) is 0. The number of carbonyl (C=O) groups excluding carboxylic acids is 1. The van der Waals surface area contributed by atoms with E-state index < -0.39 is 5.25 Å². The van der Waals surface area contributed by atoms with Crippen LogP contribution in [0.3, 0.4) is 0 Å². The van der Waals surface area contributed by atoms with Crippen LogP contribution in [0.4, 0.5) is 5.69 Å². The highest BCUT2D eigenvalue weighted by Gasteiger charge is 2.25. The molecule has 0 unspecified atom stereocenters. The molecular formula is C21H22N6OS. The van der Waals surface area contributed by atoms with Crippen LogP contribution in [0.5, 0.6) is 0 Å². The molecule has 0 saturated heterocycles. The lowest BCUT2D eigenvalue weighted by Gasteiger charge is -2.24. The van der Waals surface area contributed by atoms with Crippen LogP contribution in [-0.4, -0.2) is 37.9 Å². The average molecular weight is 407 g/mol. The highest BCUT2D eigenvalue weighted by molar-refractivity contribution is 8.00. The summed E-state index contributed by atoms with van der Waals surface area (Å²) in [5, 5.41) is 21.1. The van der Waals surface area contributed by atoms with Gasteiger partial charge in [-0.3, -0.25) is 4.79 Å². The van der Waals surface area contributed by atoms with Crippen molar-refractivity contribution < 1.29 is 4.79 Å². The summed E-state index contributed by atoms with van der Waals surface area (Å²) in [5.74, 6) is -0.0908. The molecule has 8 heteroatoms. The van der Waals surface area contributed by atoms with Crippen LogP contribution in [0.15, 0.2) is 53.7 Å². The Hall–Kier alpha value is -3.18. The van der Waals surface area contributed by atoms with Crippen LogP contribution < -0.4 is 4.90 Å². The third-order valence-corrected chi connectivity index (χ3v) is 5.47. The van der Waals surface area contributed by atoms with Gasteiger partial charge in [-0.1, -0.05) is 42.1 Å². The number of nitriles is 1. The molecule has 0 bridgehead atoms. The normalized spacial score (nSPS) is 11.7. The molecule has 29 heavy (non-hydrogen) atoms. The molecule has 1 heterocycles. The predicted molar refractivity (Wildman–Crippen MR) is 113 cm³/mol. The Morgan fingerprint density at radius 2 is 2.00 bits per heavy atom. The van der Waals surface area contributed by atoms with Crippen LogP contribution in [0.25, 0.3) is 5.69 Å². The van der Waals surface area contributed by atoms with Gasteiger partial charge in [0.15, 0.2) is 0 Å². The molecule has 0 spiro atoms. The van der Waals surface area contributed by atoms with E-state index in [-0.39, 0.29) is 12.3 Å². The molecule has 148 valence electrons. The van der Waals surface area contributed by atoms with Gasteiger partial charge in [-0.15, -0.1) is 5.10 Å². The van der Waals surface area contributed by atoms with Gasteiger partial charge in [-0.25, -0.2) is 0 Å². The molecule has 1 atom stereocenters. The molecule has 1 amide bonds. The molecule has 1 aromatic heterocycles. The summed E-state index contributed by atoms with van der Waals surface area (Å²) in [6.45, 7) is 6.18. The van der Waals surface area contributed by atoms with Crippen LogP contribution in [0, 0.1) is 25.2 Å². The topological polar surface area (TPSA) is 87.7 Å². The van der Waals surface area contributed by atoms with Gasteiger partial charge in [-0.05, 0) is 60.5 Å². The van der Waals surface area contributed by atoms with Gasteiger partial charge in [0, 0.05) is 12.2 Å². The summed E-state index contributed by atoms with van der Waals surface area (Å²) >= 11 is 1.30. The minimum atomic E-state index is -0.427. The van der Waals surface area contributed by atoms with Crippen molar-refractivity contribution in [1.82, 2.24) is 20.2 Å². The molecule has 7 nitrogen and oxygen atoms in total. The molecule has 0 aliphatic heterocycles. The minimum Gasteiger partial charge on any atom is -0.310 e. The minimum absolute atomic E-state index is 0.0908. The largest absolute Gasteiger partial charge is 0.310 e. The van der Waals surface area contributed by atoms with Crippen molar-refractivity contribution >= 4 is 23.4 Å². The zero-order valence-electron chi connectivity index (χ0n) is 16.6. The summed E-state index contributed by atoms with van der Waals surface area (Å²) in [7, 11) is 0. The van der Waals surface area contributed by atoms with Gasteiger partial charge >= 0.3 is 0 Å². The van der Waals surface area contributed by atoms with Crippen molar-refractivity contribution in [3.05, 3.63) is 59.7 Å². The SMILES string of the molecule is Cc1ccc(C)c(-n2nnnc2S[C@@H](C)C(=O)N(CCC#N)c2ccccc2)c1. The molecule has 2 aromatic carbocycles. The first-order valence-corrected chi connectivity index (χ1v) is 10.1. The highest BCUT2D eigenvalue weighted by atomic mass is 32.2. The van der Waals surface area contributed by atoms with Gasteiger partial charge in [-0.2, -0.15) is 9.94 Å². The molecule has 3 aromatic rings. The lowest BCUT2D eigenvalue weighted by Crippen LogP contribution is -2.37. The van der Waals surface area contributed by atoms with Crippen molar-refractivity contribution in [3.63, 3.8) is 0 Å². The van der Waals surface area contributed by atoms with Crippen molar-refractivity contribution in [2.75, 3.05) is 11.4 Å². The smallest absolute Gasteiger partial charge is 0.240 e. The van der Waals surface area contributed by atoms with E-state index in [2.05, 4.69) is 21.6 Å². The predicted octanol–water partition coefficient (Wildman–Crippen LogP) is 3.71. The van der Waals surface area contributed by atoms with Crippen molar-refractivity contribution in [1.29, 1.82) is 5.26 Å². The summed E-state index contributed by atoms with van der Waals surface area (Å²) in [4.78, 5) is 14.8. The Bertz CT molecular complexity index is 1030. The highest BCUT2D eigenvalue weighted by Crippen LogP contribution is 2.27. The number of aryl methyl sites for hydroxylation is 2. The van der Waals surface area contributed by atoms with E-state index in [4.69, 9.17) is 5.26 Å². The van der Waals surface area contributed by atoms with E-state index in [1.807, 2.05) is 69.3 Å². The second kappa shape index (κ2) is 9.34. The lowest BCUT2D eigenvalue weighted by molar-refractivity contribution is -0.117. The fourth-order valence-corrected chi connectivity index (χ4v) is 3.78. The zero-order valence-corrected chi connectivity index (χ0v) is 17.4. The standard InChI is InChI=1S/C21H22N6OS/c1-15-10-11-16(2)19(14-15)27-21(23-24-25-27)29-17(3)20(28)26(13-7-12-22)18-8-5-4-6-9-18/h4-6,8-11,14,17H,7,13H2,1-3H3/t17-/m0/s1. The second-order valence-electron chi connectivity index (χ2n) is 6.66. The van der Waals surface area contributed by atoms with Crippen LogP contribution >= 0.6 is 11.8 Å². The van der Waals surface area contributed by atoms with Crippen LogP contribution in [-0.2, 0) is 4.79 Å². The summed E-state index contributed by atoms with van der Waals surface area (Å²) in [6.07, 6.45) is 0.262. The number of amides is 1. The lowest BCUT2D eigenvalue weighted by atomic mass is 10.1. The summed E-state index contributed by atoms with van der Waals surface area (Å²) < 4.78 is 1.67. The molecule has 0 aliphatic rings. The Morgan fingerprint density at radius 3 is 2.72 bits per heavy atom. The Balaban J connectivity index is 1.83. The van der Waals surface area contributed by atoms with Gasteiger partial charge in [0.25, 0.3) is 0 Å². The van der Waals surface area contributed by atoms with Gasteiger partial charge in [0.05, 0.1) is 23.4 Å². The van der Waals surface area contributed by atoms with E-state index in [1.54, 1.807) is 9.58 Å². The average Bonchev–Trinajstić information content (AvgIpc) is 3.18. The Kier molecular flexibility index (Phi) is 6.62. The number of thioether (sulfide) groups is 1. The molecule has 0 aliphatic carbocycles. The number of nitrogens with zero attached hydrogens (tertiary/aromatic N) is 6. The molecular weight excluding hydrogens is 384 g/mol. The van der Waals surface area contributed by atoms with Crippen molar-refractivity contribution in [2.24, 2.45) is 0 Å². The molecule has 0 radical (unpaired) electrons. The van der Waals surface area contributed by atoms with Gasteiger partial charge < -0.3 is 4.90 Å². The Labute approximate surface area is 174 Å². The third-order valence-electron chi connectivity index (χ3n) is 4.44. The quantitative estimate of drug-likeness (QED) is 0.556. The maximum atomic E-state index is 13.2. The first-order valence-electron chi connectivity index (χ1n) is 9.27. The fourth-order valence-electron chi connectivity index (χ4n) is 2.92. The number of rotatable bonds is 7. The molecule has 3 rings (SSSR count). The van der Waals surface area contributed by atoms with E-state index in [9.17, 15) is 4.79 Å². The van der Waals surface area contributed by atoms with E-state index in [1.165, 1.54) is 11.8 Å². The van der Waals surface area contributed by atoms with Crippen LogP contribution in [0.2, 0.25) is 0 Å². The third kappa shape index (κ3) is 4.81. The van der Waals surface area contributed by atoms with Gasteiger partial charge in [0.2, 0.25) is 11.1 Å². The number of tetrazole rings is 1. The van der Waals surface area contributed by atoms with Crippen LogP contribution in [0.1, 0.15) is 24.5 Å². The summed E-state index contributed by atoms with van der Waals surface area (Å²) in [6, 6.07) is 17.6.